The summed E-state index contributed by atoms with van der Waals surface area (Å²) in [6.07, 6.45) is 2.37. The standard InChI is InChI=1S/C14H18BrNO/c1-10-4-3-7-16(9-10)14(17)12-5-6-13(15)11(2)8-12/h5-6,8,10H,3-4,7,9H2,1-2H3. The number of halogens is 1. The predicted molar refractivity (Wildman–Crippen MR) is 73.2 cm³/mol. The van der Waals surface area contributed by atoms with Gasteiger partial charge in [0.05, 0.1) is 0 Å². The summed E-state index contributed by atoms with van der Waals surface area (Å²) in [6.45, 7) is 6.03. The van der Waals surface area contributed by atoms with Crippen LogP contribution < -0.4 is 0 Å². The Bertz CT molecular complexity index is 430. The number of nitrogens with zero attached hydrogens (tertiary/aromatic N) is 1. The second-order valence-electron chi connectivity index (χ2n) is 4.96. The van der Waals surface area contributed by atoms with E-state index in [1.807, 2.05) is 30.0 Å². The van der Waals surface area contributed by atoms with Gasteiger partial charge in [0.15, 0.2) is 0 Å². The first kappa shape index (κ1) is 12.6. The summed E-state index contributed by atoms with van der Waals surface area (Å²) < 4.78 is 1.06. The number of rotatable bonds is 1. The van der Waals surface area contributed by atoms with Gasteiger partial charge < -0.3 is 4.90 Å². The average molecular weight is 296 g/mol. The molecule has 92 valence electrons. The monoisotopic (exact) mass is 295 g/mol. The lowest BCUT2D eigenvalue weighted by Gasteiger charge is -2.31. The number of piperidine rings is 1. The second-order valence-corrected chi connectivity index (χ2v) is 5.82. The molecule has 1 saturated heterocycles. The number of carbonyl (C=O) groups is 1. The van der Waals surface area contributed by atoms with Gasteiger partial charge in [-0.05, 0) is 49.4 Å². The smallest absolute Gasteiger partial charge is 0.253 e. The molecule has 0 spiro atoms. The van der Waals surface area contributed by atoms with E-state index in [4.69, 9.17) is 0 Å². The average Bonchev–Trinajstić information content (AvgIpc) is 2.32. The Labute approximate surface area is 111 Å². The first-order chi connectivity index (χ1) is 8.08. The number of carbonyl (C=O) groups excluding carboxylic acids is 1. The van der Waals surface area contributed by atoms with Crippen LogP contribution in [0.25, 0.3) is 0 Å². The molecule has 1 fully saturated rings. The molecule has 1 amide bonds. The van der Waals surface area contributed by atoms with Crippen LogP contribution in [0.4, 0.5) is 0 Å². The normalized spacial score (nSPS) is 20.4. The maximum Gasteiger partial charge on any atom is 0.253 e. The first-order valence-corrected chi connectivity index (χ1v) is 6.92. The second kappa shape index (κ2) is 5.21. The molecule has 1 atom stereocenters. The summed E-state index contributed by atoms with van der Waals surface area (Å²) in [4.78, 5) is 14.3. The van der Waals surface area contributed by atoms with Crippen molar-refractivity contribution < 1.29 is 4.79 Å². The molecule has 0 saturated carbocycles. The zero-order valence-electron chi connectivity index (χ0n) is 10.4. The molecular weight excluding hydrogens is 278 g/mol. The highest BCUT2D eigenvalue weighted by Gasteiger charge is 2.22. The summed E-state index contributed by atoms with van der Waals surface area (Å²) in [5, 5.41) is 0. The number of aryl methyl sites for hydroxylation is 1. The van der Waals surface area contributed by atoms with Crippen LogP contribution in [0.2, 0.25) is 0 Å². The van der Waals surface area contributed by atoms with E-state index >= 15 is 0 Å². The molecule has 1 heterocycles. The topological polar surface area (TPSA) is 20.3 Å². The minimum Gasteiger partial charge on any atom is -0.338 e. The van der Waals surface area contributed by atoms with E-state index in [0.717, 1.165) is 35.1 Å². The Kier molecular flexibility index (Phi) is 3.87. The minimum atomic E-state index is 0.173. The molecule has 3 heteroatoms. The zero-order chi connectivity index (χ0) is 12.4. The Morgan fingerprint density at radius 3 is 2.88 bits per heavy atom. The third-order valence-electron chi connectivity index (χ3n) is 3.35. The molecule has 2 nitrogen and oxygen atoms in total. The highest BCUT2D eigenvalue weighted by atomic mass is 79.9. The van der Waals surface area contributed by atoms with Crippen LogP contribution in [0.15, 0.2) is 22.7 Å². The molecule has 1 aliphatic heterocycles. The van der Waals surface area contributed by atoms with Crippen molar-refractivity contribution in [3.63, 3.8) is 0 Å². The minimum absolute atomic E-state index is 0.173. The van der Waals surface area contributed by atoms with Crippen LogP contribution >= 0.6 is 15.9 Å². The maximum absolute atomic E-state index is 12.3. The van der Waals surface area contributed by atoms with E-state index in [-0.39, 0.29) is 5.91 Å². The predicted octanol–water partition coefficient (Wildman–Crippen LogP) is 3.63. The van der Waals surface area contributed by atoms with Crippen LogP contribution in [-0.4, -0.2) is 23.9 Å². The molecule has 17 heavy (non-hydrogen) atoms. The van der Waals surface area contributed by atoms with Gasteiger partial charge in [-0.2, -0.15) is 0 Å². The first-order valence-electron chi connectivity index (χ1n) is 6.13. The number of likely N-dealkylation sites (tertiary alicyclic amines) is 1. The number of benzene rings is 1. The third-order valence-corrected chi connectivity index (χ3v) is 4.24. The lowest BCUT2D eigenvalue weighted by atomic mass is 9.99. The van der Waals surface area contributed by atoms with E-state index in [9.17, 15) is 4.79 Å². The van der Waals surface area contributed by atoms with Gasteiger partial charge in [-0.1, -0.05) is 22.9 Å². The van der Waals surface area contributed by atoms with Crippen molar-refractivity contribution in [3.8, 4) is 0 Å². The van der Waals surface area contributed by atoms with Gasteiger partial charge >= 0.3 is 0 Å². The molecule has 1 aromatic rings. The van der Waals surface area contributed by atoms with Gasteiger partial charge in [-0.3, -0.25) is 4.79 Å². The van der Waals surface area contributed by atoms with Gasteiger partial charge in [-0.15, -0.1) is 0 Å². The van der Waals surface area contributed by atoms with Crippen molar-refractivity contribution in [2.45, 2.75) is 26.7 Å². The van der Waals surface area contributed by atoms with Crippen LogP contribution in [0, 0.1) is 12.8 Å². The maximum atomic E-state index is 12.3. The van der Waals surface area contributed by atoms with Gasteiger partial charge in [-0.25, -0.2) is 0 Å². The van der Waals surface area contributed by atoms with Crippen molar-refractivity contribution >= 4 is 21.8 Å². The number of hydrogen-bond acceptors (Lipinski definition) is 1. The summed E-state index contributed by atoms with van der Waals surface area (Å²) >= 11 is 3.46. The van der Waals surface area contributed by atoms with E-state index in [1.54, 1.807) is 0 Å². The van der Waals surface area contributed by atoms with Crippen molar-refractivity contribution in [1.29, 1.82) is 0 Å². The van der Waals surface area contributed by atoms with Crippen LogP contribution in [0.1, 0.15) is 35.7 Å². The molecule has 0 radical (unpaired) electrons. The summed E-state index contributed by atoms with van der Waals surface area (Å²) in [6, 6.07) is 5.82. The van der Waals surface area contributed by atoms with E-state index in [0.29, 0.717) is 5.92 Å². The van der Waals surface area contributed by atoms with Crippen molar-refractivity contribution in [3.05, 3.63) is 33.8 Å². The summed E-state index contributed by atoms with van der Waals surface area (Å²) in [5.74, 6) is 0.802. The molecule has 1 aromatic carbocycles. The highest BCUT2D eigenvalue weighted by molar-refractivity contribution is 9.10. The van der Waals surface area contributed by atoms with E-state index < -0.39 is 0 Å². The largest absolute Gasteiger partial charge is 0.338 e. The molecule has 0 aliphatic carbocycles. The van der Waals surface area contributed by atoms with Crippen molar-refractivity contribution in [2.24, 2.45) is 5.92 Å². The Morgan fingerprint density at radius 2 is 2.24 bits per heavy atom. The molecular formula is C14H18BrNO. The van der Waals surface area contributed by atoms with Crippen LogP contribution in [0.3, 0.4) is 0 Å². The van der Waals surface area contributed by atoms with Gasteiger partial charge in [0, 0.05) is 23.1 Å². The fourth-order valence-corrected chi connectivity index (χ4v) is 2.58. The molecule has 0 aromatic heterocycles. The van der Waals surface area contributed by atoms with Crippen LogP contribution in [-0.2, 0) is 0 Å². The molecule has 0 N–H and O–H groups in total. The van der Waals surface area contributed by atoms with Crippen LogP contribution in [0.5, 0.6) is 0 Å². The zero-order valence-corrected chi connectivity index (χ0v) is 12.0. The summed E-state index contributed by atoms with van der Waals surface area (Å²) in [5.41, 5.74) is 1.92. The molecule has 0 bridgehead atoms. The fraction of sp³-hybridized carbons (Fsp3) is 0.500. The van der Waals surface area contributed by atoms with E-state index in [2.05, 4.69) is 22.9 Å². The SMILES string of the molecule is Cc1cc(C(=O)N2CCCC(C)C2)ccc1Br. The quantitative estimate of drug-likeness (QED) is 0.775. The number of amides is 1. The van der Waals surface area contributed by atoms with Crippen molar-refractivity contribution in [1.82, 2.24) is 4.90 Å². The Hall–Kier alpha value is -0.830. The third kappa shape index (κ3) is 2.89. The molecule has 1 unspecified atom stereocenters. The fourth-order valence-electron chi connectivity index (χ4n) is 2.33. The van der Waals surface area contributed by atoms with Crippen molar-refractivity contribution in [2.75, 3.05) is 13.1 Å². The number of hydrogen-bond donors (Lipinski definition) is 0. The molecule has 2 rings (SSSR count). The van der Waals surface area contributed by atoms with Gasteiger partial charge in [0.1, 0.15) is 0 Å². The molecule has 1 aliphatic rings. The van der Waals surface area contributed by atoms with E-state index in [1.165, 1.54) is 6.42 Å². The summed E-state index contributed by atoms with van der Waals surface area (Å²) in [7, 11) is 0. The lowest BCUT2D eigenvalue weighted by Crippen LogP contribution is -2.39. The lowest BCUT2D eigenvalue weighted by molar-refractivity contribution is 0.0683. The Morgan fingerprint density at radius 1 is 1.47 bits per heavy atom. The van der Waals surface area contributed by atoms with Gasteiger partial charge in [0.25, 0.3) is 5.91 Å². The Balaban J connectivity index is 2.15. The highest BCUT2D eigenvalue weighted by Crippen LogP contribution is 2.21. The van der Waals surface area contributed by atoms with Gasteiger partial charge in [0.2, 0.25) is 0 Å².